The van der Waals surface area contributed by atoms with Crippen molar-refractivity contribution in [3.8, 4) is 5.69 Å². The van der Waals surface area contributed by atoms with Gasteiger partial charge in [-0.3, -0.25) is 14.3 Å². The van der Waals surface area contributed by atoms with E-state index < -0.39 is 0 Å². The van der Waals surface area contributed by atoms with Crippen LogP contribution in [0.5, 0.6) is 0 Å². The van der Waals surface area contributed by atoms with Crippen LogP contribution in [0.1, 0.15) is 5.56 Å². The van der Waals surface area contributed by atoms with Gasteiger partial charge in [0.1, 0.15) is 16.7 Å². The second-order valence-electron chi connectivity index (χ2n) is 6.60. The van der Waals surface area contributed by atoms with Crippen molar-refractivity contribution < 1.29 is 0 Å². The van der Waals surface area contributed by atoms with Crippen LogP contribution in [-0.2, 0) is 13.0 Å². The molecule has 0 saturated carbocycles. The van der Waals surface area contributed by atoms with Gasteiger partial charge in [0.25, 0.3) is 5.56 Å². The second kappa shape index (κ2) is 6.74. The van der Waals surface area contributed by atoms with Crippen molar-refractivity contribution in [2.75, 3.05) is 0 Å². The van der Waals surface area contributed by atoms with Gasteiger partial charge in [0.2, 0.25) is 0 Å². The largest absolute Gasteiger partial charge is 0.326 e. The maximum absolute atomic E-state index is 13.5. The summed E-state index contributed by atoms with van der Waals surface area (Å²) in [5.41, 5.74) is 3.69. The molecule has 0 aliphatic heterocycles. The molecular weight excluding hydrogens is 350 g/mol. The monoisotopic (exact) mass is 367 g/mol. The van der Waals surface area contributed by atoms with Crippen molar-refractivity contribution in [1.29, 1.82) is 0 Å². The van der Waals surface area contributed by atoms with Gasteiger partial charge in [0, 0.05) is 30.5 Å². The molecule has 4 aromatic heterocycles. The summed E-state index contributed by atoms with van der Waals surface area (Å²) in [6.45, 7) is 0.651. The zero-order valence-electron chi connectivity index (χ0n) is 15.1. The van der Waals surface area contributed by atoms with E-state index in [1.165, 1.54) is 0 Å². The number of nitrogens with zero attached hydrogens (tertiary/aromatic N) is 5. The highest BCUT2D eigenvalue weighted by Crippen LogP contribution is 2.22. The maximum atomic E-state index is 13.5. The van der Waals surface area contributed by atoms with Gasteiger partial charge in [0.15, 0.2) is 0 Å². The summed E-state index contributed by atoms with van der Waals surface area (Å²) < 4.78 is 3.59. The van der Waals surface area contributed by atoms with Gasteiger partial charge >= 0.3 is 0 Å². The lowest BCUT2D eigenvalue weighted by Crippen LogP contribution is -2.22. The molecule has 4 heterocycles. The fourth-order valence-electron chi connectivity index (χ4n) is 3.55. The lowest BCUT2D eigenvalue weighted by molar-refractivity contribution is 0.710. The zero-order valence-corrected chi connectivity index (χ0v) is 15.1. The maximum Gasteiger partial charge on any atom is 0.282 e. The molecule has 28 heavy (non-hydrogen) atoms. The highest BCUT2D eigenvalue weighted by molar-refractivity contribution is 6.01. The number of aromatic nitrogens is 5. The number of rotatable bonds is 4. The molecule has 0 radical (unpaired) electrons. The van der Waals surface area contributed by atoms with Gasteiger partial charge in [-0.2, -0.15) is 0 Å². The van der Waals surface area contributed by atoms with Gasteiger partial charge in [-0.25, -0.2) is 9.97 Å². The van der Waals surface area contributed by atoms with Crippen LogP contribution < -0.4 is 5.56 Å². The van der Waals surface area contributed by atoms with E-state index >= 15 is 0 Å². The highest BCUT2D eigenvalue weighted by atomic mass is 16.1. The van der Waals surface area contributed by atoms with E-state index in [9.17, 15) is 4.79 Å². The van der Waals surface area contributed by atoms with E-state index in [-0.39, 0.29) is 5.56 Å². The predicted octanol–water partition coefficient (Wildman–Crippen LogP) is 3.37. The smallest absolute Gasteiger partial charge is 0.282 e. The van der Waals surface area contributed by atoms with Crippen LogP contribution in [0.3, 0.4) is 0 Å². The van der Waals surface area contributed by atoms with Crippen molar-refractivity contribution in [3.63, 3.8) is 0 Å². The first-order valence-corrected chi connectivity index (χ1v) is 9.12. The number of hydrogen-bond acceptors (Lipinski definition) is 4. The van der Waals surface area contributed by atoms with Crippen molar-refractivity contribution in [1.82, 2.24) is 24.1 Å². The molecule has 0 N–H and O–H groups in total. The first-order chi connectivity index (χ1) is 13.8. The Morgan fingerprint density at radius 2 is 1.75 bits per heavy atom. The van der Waals surface area contributed by atoms with Crippen LogP contribution in [-0.4, -0.2) is 24.1 Å². The van der Waals surface area contributed by atoms with Crippen molar-refractivity contribution in [2.45, 2.75) is 13.0 Å². The lowest BCUT2D eigenvalue weighted by atomic mass is 10.2. The molecule has 0 amide bonds. The molecular formula is C22H17N5O. The van der Waals surface area contributed by atoms with E-state index in [1.54, 1.807) is 23.3 Å². The molecule has 6 heteroatoms. The van der Waals surface area contributed by atoms with Crippen molar-refractivity contribution in [3.05, 3.63) is 95.4 Å². The van der Waals surface area contributed by atoms with Gasteiger partial charge in [-0.05, 0) is 42.3 Å². The van der Waals surface area contributed by atoms with Crippen LogP contribution in [0.15, 0.2) is 84.3 Å². The molecule has 0 unspecified atom stereocenters. The average molecular weight is 367 g/mol. The average Bonchev–Trinajstić information content (AvgIpc) is 3.19. The summed E-state index contributed by atoms with van der Waals surface area (Å²) in [4.78, 5) is 26.7. The Morgan fingerprint density at radius 1 is 0.893 bits per heavy atom. The van der Waals surface area contributed by atoms with Gasteiger partial charge in [-0.1, -0.05) is 24.3 Å². The third-order valence-corrected chi connectivity index (χ3v) is 4.88. The summed E-state index contributed by atoms with van der Waals surface area (Å²) >= 11 is 0. The first-order valence-electron chi connectivity index (χ1n) is 9.12. The number of fused-ring (bicyclic) bond motifs is 3. The highest BCUT2D eigenvalue weighted by Gasteiger charge is 2.17. The molecule has 5 aromatic rings. The zero-order chi connectivity index (χ0) is 18.9. The fraction of sp³-hybridized carbons (Fsp3) is 0.0909. The van der Waals surface area contributed by atoms with Crippen LogP contribution in [0.25, 0.3) is 27.8 Å². The fourth-order valence-corrected chi connectivity index (χ4v) is 3.55. The summed E-state index contributed by atoms with van der Waals surface area (Å²) in [5, 5.41) is 0.862. The van der Waals surface area contributed by atoms with Crippen molar-refractivity contribution in [2.24, 2.45) is 0 Å². The van der Waals surface area contributed by atoms with Gasteiger partial charge in [-0.15, -0.1) is 0 Å². The third-order valence-electron chi connectivity index (χ3n) is 4.88. The topological polar surface area (TPSA) is 65.6 Å². The van der Waals surface area contributed by atoms with E-state index in [0.29, 0.717) is 23.2 Å². The number of imidazole rings is 1. The number of benzene rings is 1. The van der Waals surface area contributed by atoms with E-state index in [4.69, 9.17) is 0 Å². The minimum absolute atomic E-state index is 0.115. The Labute approximate surface area is 160 Å². The minimum Gasteiger partial charge on any atom is -0.326 e. The van der Waals surface area contributed by atoms with Crippen molar-refractivity contribution >= 4 is 22.1 Å². The third kappa shape index (κ3) is 2.66. The summed E-state index contributed by atoms with van der Waals surface area (Å²) in [5.74, 6) is 0. The summed E-state index contributed by atoms with van der Waals surface area (Å²) in [6, 6.07) is 17.4. The van der Waals surface area contributed by atoms with Crippen LogP contribution in [0.4, 0.5) is 0 Å². The van der Waals surface area contributed by atoms with E-state index in [0.717, 1.165) is 23.1 Å². The molecule has 0 fully saturated rings. The van der Waals surface area contributed by atoms with E-state index in [1.807, 2.05) is 65.4 Å². The van der Waals surface area contributed by atoms with Crippen LogP contribution in [0, 0.1) is 0 Å². The standard InChI is InChI=1S/C22H17N5O/c28-22-20-19(25-15-26(20)13-10-16-6-4-11-23-14-16)18-9-5-12-24-21(18)27(22)17-7-2-1-3-8-17/h1-9,11-12,14-15H,10,13H2. The van der Waals surface area contributed by atoms with Gasteiger partial charge < -0.3 is 4.57 Å². The molecule has 0 bridgehead atoms. The molecule has 0 spiro atoms. The number of aryl methyl sites for hydroxylation is 2. The number of hydrogen-bond donors (Lipinski definition) is 0. The molecule has 5 rings (SSSR count). The molecule has 136 valence electrons. The Kier molecular flexibility index (Phi) is 3.94. The van der Waals surface area contributed by atoms with Crippen LogP contribution >= 0.6 is 0 Å². The van der Waals surface area contributed by atoms with E-state index in [2.05, 4.69) is 15.0 Å². The normalized spacial score (nSPS) is 11.3. The molecule has 6 nitrogen and oxygen atoms in total. The molecule has 1 aromatic carbocycles. The van der Waals surface area contributed by atoms with Gasteiger partial charge in [0.05, 0.1) is 12.0 Å². The second-order valence-corrected chi connectivity index (χ2v) is 6.60. The predicted molar refractivity (Wildman–Crippen MR) is 109 cm³/mol. The summed E-state index contributed by atoms with van der Waals surface area (Å²) in [6.07, 6.45) is 7.82. The SMILES string of the molecule is O=c1c2c(ncn2CCc2cccnc2)c2cccnc2n1-c1ccccc1. The minimum atomic E-state index is -0.115. The Balaban J connectivity index is 1.73. The summed E-state index contributed by atoms with van der Waals surface area (Å²) in [7, 11) is 0. The Bertz CT molecular complexity index is 1320. The molecule has 0 saturated heterocycles. The quantitative estimate of drug-likeness (QED) is 0.488. The van der Waals surface area contributed by atoms with Crippen LogP contribution in [0.2, 0.25) is 0 Å². The number of para-hydroxylation sites is 1. The first kappa shape index (κ1) is 16.4. The molecule has 0 aliphatic carbocycles. The Hall–Kier alpha value is -3.80. The molecule has 0 aliphatic rings. The number of pyridine rings is 3. The Morgan fingerprint density at radius 3 is 2.57 bits per heavy atom. The molecule has 0 atom stereocenters. The lowest BCUT2D eigenvalue weighted by Gasteiger charge is -2.11.